The Morgan fingerprint density at radius 2 is 1.12 bits per heavy atom. The normalized spacial score (nSPS) is 11.2. The Morgan fingerprint density at radius 1 is 0.521 bits per heavy atom. The van der Waals surface area contributed by atoms with E-state index in [1.165, 1.54) is 11.1 Å². The average Bonchev–Trinajstić information content (AvgIpc) is 3.48. The van der Waals surface area contributed by atoms with Gasteiger partial charge in [0, 0.05) is 30.6 Å². The third-order valence-electron chi connectivity index (χ3n) is 8.99. The molecule has 0 aliphatic rings. The number of benzene rings is 5. The smallest absolute Gasteiger partial charge is 0.144 e. The summed E-state index contributed by atoms with van der Waals surface area (Å²) in [5.41, 5.74) is 14.1. The summed E-state index contributed by atoms with van der Waals surface area (Å²) in [5, 5.41) is 10.6. The fraction of sp³-hybridized carbons (Fsp3) is 0.0465. The monoisotopic (exact) mass is 620 g/mol. The van der Waals surface area contributed by atoms with Crippen molar-refractivity contribution < 1.29 is 5.11 Å². The van der Waals surface area contributed by atoms with Gasteiger partial charge in [-0.2, -0.15) is 0 Å². The van der Waals surface area contributed by atoms with Crippen LogP contribution in [0.1, 0.15) is 5.56 Å². The first-order valence-corrected chi connectivity index (χ1v) is 16.0. The Kier molecular flexibility index (Phi) is 7.35. The van der Waals surface area contributed by atoms with E-state index < -0.39 is 0 Å². The van der Waals surface area contributed by atoms with E-state index in [1.807, 2.05) is 60.5 Å². The van der Waals surface area contributed by atoms with E-state index in [9.17, 15) is 5.11 Å². The number of pyridine rings is 2. The van der Waals surface area contributed by atoms with Crippen molar-refractivity contribution in [1.29, 1.82) is 0 Å². The molecule has 0 aliphatic carbocycles. The lowest BCUT2D eigenvalue weighted by molar-refractivity contribution is 0.476. The third-order valence-corrected chi connectivity index (χ3v) is 8.99. The van der Waals surface area contributed by atoms with Gasteiger partial charge < -0.3 is 9.67 Å². The molecule has 8 rings (SSSR count). The number of aromatic nitrogens is 4. The largest absolute Gasteiger partial charge is 0.507 e. The Morgan fingerprint density at radius 3 is 1.85 bits per heavy atom. The number of imidazole rings is 1. The number of para-hydroxylation sites is 1. The summed E-state index contributed by atoms with van der Waals surface area (Å²) >= 11 is 0. The van der Waals surface area contributed by atoms with Gasteiger partial charge >= 0.3 is 0 Å². The number of nitrogens with zero attached hydrogens (tertiary/aromatic N) is 4. The van der Waals surface area contributed by atoms with Gasteiger partial charge in [0.25, 0.3) is 0 Å². The first kappa shape index (κ1) is 29.1. The second-order valence-electron chi connectivity index (χ2n) is 12.1. The number of phenolic OH excluding ortho intramolecular Hbond substituents is 1. The highest BCUT2D eigenvalue weighted by Crippen LogP contribution is 2.38. The summed E-state index contributed by atoms with van der Waals surface area (Å²) in [5.74, 6) is 0.870. The first-order chi connectivity index (χ1) is 23.5. The second-order valence-corrected chi connectivity index (χ2v) is 12.1. The van der Waals surface area contributed by atoms with Crippen LogP contribution >= 0.6 is 0 Å². The van der Waals surface area contributed by atoms with Crippen LogP contribution in [-0.2, 0) is 7.05 Å². The molecule has 0 aliphatic heterocycles. The minimum absolute atomic E-state index is 0.190. The summed E-state index contributed by atoms with van der Waals surface area (Å²) in [7, 11) is 1.96. The predicted molar refractivity (Wildman–Crippen MR) is 195 cm³/mol. The number of rotatable bonds is 6. The van der Waals surface area contributed by atoms with Gasteiger partial charge in [0.1, 0.15) is 17.1 Å². The predicted octanol–water partition coefficient (Wildman–Crippen LogP) is 10.4. The molecule has 0 saturated heterocycles. The Bertz CT molecular complexity index is 2410. The number of aromatic hydroxyl groups is 1. The molecule has 0 amide bonds. The average molecular weight is 621 g/mol. The van der Waals surface area contributed by atoms with Crippen LogP contribution in [0.5, 0.6) is 5.75 Å². The summed E-state index contributed by atoms with van der Waals surface area (Å²) in [4.78, 5) is 14.6. The summed E-state index contributed by atoms with van der Waals surface area (Å²) in [6, 6.07) is 45.6. The van der Waals surface area contributed by atoms with Gasteiger partial charge in [0.15, 0.2) is 0 Å². The fourth-order valence-corrected chi connectivity index (χ4v) is 6.41. The minimum Gasteiger partial charge on any atom is -0.507 e. The number of aryl methyl sites for hydroxylation is 2. The fourth-order valence-electron chi connectivity index (χ4n) is 6.41. The van der Waals surface area contributed by atoms with Crippen LogP contribution in [0.4, 0.5) is 0 Å². The van der Waals surface area contributed by atoms with Gasteiger partial charge in [-0.1, -0.05) is 97.1 Å². The van der Waals surface area contributed by atoms with E-state index in [0.29, 0.717) is 11.4 Å². The molecule has 5 aromatic carbocycles. The molecule has 0 unspecified atom stereocenters. The summed E-state index contributed by atoms with van der Waals surface area (Å²) in [6.07, 6.45) is 5.67. The molecule has 5 nitrogen and oxygen atoms in total. The van der Waals surface area contributed by atoms with Crippen molar-refractivity contribution >= 4 is 11.0 Å². The van der Waals surface area contributed by atoms with Crippen molar-refractivity contribution in [2.45, 2.75) is 6.92 Å². The highest BCUT2D eigenvalue weighted by Gasteiger charge is 2.18. The topological polar surface area (TPSA) is 63.8 Å². The molecule has 3 aromatic heterocycles. The standard InChI is InChI=1S/C43H32N4O/c1-28-25-45-39(24-37(28)32-19-17-31(18-20-32)29-11-5-3-6-12-29)35-22-33(30-13-7-4-8-14-30)21-34(23-35)38-26-44-27-40-42(38)46-43(47(40)2)36-15-9-10-16-41(36)48/h3-27,48H,1-2H3. The van der Waals surface area contributed by atoms with Crippen LogP contribution < -0.4 is 0 Å². The van der Waals surface area contributed by atoms with Gasteiger partial charge in [-0.3, -0.25) is 9.97 Å². The molecule has 230 valence electrons. The molecule has 0 fully saturated rings. The molecular formula is C43H32N4O. The summed E-state index contributed by atoms with van der Waals surface area (Å²) < 4.78 is 1.99. The van der Waals surface area contributed by atoms with Crippen molar-refractivity contribution in [3.8, 4) is 72.9 Å². The van der Waals surface area contributed by atoms with Crippen LogP contribution in [0.15, 0.2) is 152 Å². The molecule has 1 N–H and O–H groups in total. The molecule has 0 radical (unpaired) electrons. The zero-order valence-electron chi connectivity index (χ0n) is 26.7. The van der Waals surface area contributed by atoms with Crippen molar-refractivity contribution in [2.24, 2.45) is 7.05 Å². The van der Waals surface area contributed by atoms with Gasteiger partial charge in [-0.25, -0.2) is 4.98 Å². The molecule has 5 heteroatoms. The molecule has 0 bridgehead atoms. The maximum absolute atomic E-state index is 10.6. The highest BCUT2D eigenvalue weighted by molar-refractivity contribution is 5.95. The van der Waals surface area contributed by atoms with E-state index in [2.05, 4.69) is 109 Å². The second kappa shape index (κ2) is 12.1. The van der Waals surface area contributed by atoms with Crippen LogP contribution in [0.3, 0.4) is 0 Å². The lowest BCUT2D eigenvalue weighted by atomic mass is 9.93. The zero-order chi connectivity index (χ0) is 32.6. The van der Waals surface area contributed by atoms with E-state index in [1.54, 1.807) is 6.07 Å². The molecule has 0 saturated carbocycles. The highest BCUT2D eigenvalue weighted by atomic mass is 16.3. The van der Waals surface area contributed by atoms with Crippen LogP contribution in [-0.4, -0.2) is 24.6 Å². The Balaban J connectivity index is 1.27. The van der Waals surface area contributed by atoms with Gasteiger partial charge in [0.05, 0.1) is 23.0 Å². The summed E-state index contributed by atoms with van der Waals surface area (Å²) in [6.45, 7) is 2.11. The maximum atomic E-state index is 10.6. The molecule has 48 heavy (non-hydrogen) atoms. The quantitative estimate of drug-likeness (QED) is 0.201. The molecule has 3 heterocycles. The van der Waals surface area contributed by atoms with E-state index in [0.717, 1.165) is 61.2 Å². The SMILES string of the molecule is Cc1cnc(-c2cc(-c3ccccc3)cc(-c3cncc4c3nc(-c3ccccc3O)n4C)c2)cc1-c1ccc(-c2ccccc2)cc1. The van der Waals surface area contributed by atoms with Gasteiger partial charge in [-0.15, -0.1) is 0 Å². The van der Waals surface area contributed by atoms with Crippen molar-refractivity contribution in [3.63, 3.8) is 0 Å². The molecule has 8 aromatic rings. The van der Waals surface area contributed by atoms with Crippen molar-refractivity contribution in [2.75, 3.05) is 0 Å². The van der Waals surface area contributed by atoms with Crippen LogP contribution in [0.25, 0.3) is 78.2 Å². The molecular weight excluding hydrogens is 589 g/mol. The number of phenols is 1. The maximum Gasteiger partial charge on any atom is 0.144 e. The minimum atomic E-state index is 0.190. The van der Waals surface area contributed by atoms with E-state index in [-0.39, 0.29) is 5.75 Å². The molecule has 0 atom stereocenters. The van der Waals surface area contributed by atoms with Gasteiger partial charge in [-0.05, 0) is 87.8 Å². The van der Waals surface area contributed by atoms with Crippen molar-refractivity contribution in [3.05, 3.63) is 158 Å². The van der Waals surface area contributed by atoms with Crippen LogP contribution in [0, 0.1) is 6.92 Å². The molecule has 0 spiro atoms. The van der Waals surface area contributed by atoms with Crippen LogP contribution in [0.2, 0.25) is 0 Å². The van der Waals surface area contributed by atoms with Gasteiger partial charge in [0.2, 0.25) is 0 Å². The first-order valence-electron chi connectivity index (χ1n) is 16.0. The Labute approximate surface area is 279 Å². The third kappa shape index (κ3) is 5.31. The van der Waals surface area contributed by atoms with E-state index >= 15 is 0 Å². The Hall–Kier alpha value is -6.33. The number of fused-ring (bicyclic) bond motifs is 1. The lowest BCUT2D eigenvalue weighted by Crippen LogP contribution is -1.93. The number of hydrogen-bond acceptors (Lipinski definition) is 4. The lowest BCUT2D eigenvalue weighted by Gasteiger charge is -2.13. The van der Waals surface area contributed by atoms with E-state index in [4.69, 9.17) is 9.97 Å². The zero-order valence-corrected chi connectivity index (χ0v) is 26.7. The number of hydrogen-bond donors (Lipinski definition) is 1. The van der Waals surface area contributed by atoms with Crippen molar-refractivity contribution in [1.82, 2.24) is 19.5 Å².